The lowest BCUT2D eigenvalue weighted by atomic mass is 9.69. The normalized spacial score (nSPS) is 32.9. The molecule has 0 aliphatic carbocycles. The number of carbonyl (C=O) groups is 2. The molecule has 0 saturated carbocycles. The molecule has 80 valence electrons. The number of amides is 1. The van der Waals surface area contributed by atoms with Crippen LogP contribution in [0.15, 0.2) is 0 Å². The van der Waals surface area contributed by atoms with Gasteiger partial charge in [0.05, 0.1) is 31.1 Å². The molecule has 0 aromatic carbocycles. The van der Waals surface area contributed by atoms with Crippen molar-refractivity contribution in [3.8, 4) is 0 Å². The Morgan fingerprint density at radius 2 is 2.36 bits per heavy atom. The van der Waals surface area contributed by atoms with Crippen LogP contribution < -0.4 is 5.32 Å². The summed E-state index contributed by atoms with van der Waals surface area (Å²) in [6.07, 6.45) is -0.671. The van der Waals surface area contributed by atoms with E-state index >= 15 is 0 Å². The number of β-lactam (4-membered cyclic amide) rings is 1. The van der Waals surface area contributed by atoms with Gasteiger partial charge in [0.2, 0.25) is 5.91 Å². The first kappa shape index (κ1) is 11.0. The first-order valence-electron chi connectivity index (χ1n) is 4.48. The Balaban J connectivity index is 2.66. The van der Waals surface area contributed by atoms with E-state index in [4.69, 9.17) is 0 Å². The van der Waals surface area contributed by atoms with E-state index in [0.717, 1.165) is 0 Å². The van der Waals surface area contributed by atoms with Crippen LogP contribution in [0, 0.1) is 5.41 Å². The first-order chi connectivity index (χ1) is 6.42. The van der Waals surface area contributed by atoms with Gasteiger partial charge in [0.1, 0.15) is 0 Å². The van der Waals surface area contributed by atoms with Gasteiger partial charge in [-0.2, -0.15) is 0 Å². The van der Waals surface area contributed by atoms with Crippen molar-refractivity contribution in [2.24, 2.45) is 5.41 Å². The van der Waals surface area contributed by atoms with Gasteiger partial charge in [0.25, 0.3) is 0 Å². The number of rotatable bonds is 3. The van der Waals surface area contributed by atoms with Gasteiger partial charge in [0.15, 0.2) is 0 Å². The van der Waals surface area contributed by atoms with Crippen molar-refractivity contribution in [2.75, 3.05) is 7.11 Å². The molecule has 1 aliphatic rings. The Bertz CT molecular complexity index is 264. The summed E-state index contributed by atoms with van der Waals surface area (Å²) in [4.78, 5) is 22.2. The van der Waals surface area contributed by atoms with Gasteiger partial charge in [-0.25, -0.2) is 0 Å². The number of hydrogen-bond donors (Lipinski definition) is 2. The number of ether oxygens (including phenoxy) is 1. The molecule has 0 bridgehead atoms. The lowest BCUT2D eigenvalue weighted by Gasteiger charge is -2.47. The molecule has 1 heterocycles. The van der Waals surface area contributed by atoms with E-state index in [1.165, 1.54) is 7.11 Å². The predicted molar refractivity (Wildman–Crippen MR) is 48.4 cm³/mol. The van der Waals surface area contributed by atoms with Gasteiger partial charge in [-0.05, 0) is 13.8 Å². The van der Waals surface area contributed by atoms with E-state index in [0.29, 0.717) is 0 Å². The summed E-state index contributed by atoms with van der Waals surface area (Å²) in [5, 5.41) is 12.0. The van der Waals surface area contributed by atoms with E-state index < -0.39 is 11.5 Å². The van der Waals surface area contributed by atoms with Crippen molar-refractivity contribution in [3.05, 3.63) is 0 Å². The van der Waals surface area contributed by atoms with Crippen LogP contribution in [0.25, 0.3) is 0 Å². The van der Waals surface area contributed by atoms with Gasteiger partial charge < -0.3 is 15.2 Å². The highest BCUT2D eigenvalue weighted by Crippen LogP contribution is 2.36. The van der Waals surface area contributed by atoms with Crippen molar-refractivity contribution in [1.29, 1.82) is 0 Å². The smallest absolute Gasteiger partial charge is 0.307 e. The standard InChI is InChI=1S/C9H15NO4/c1-5(11)9(2)6(10-8(9)13)4-7(12)14-3/h5-6,11H,4H2,1-3H3,(H,10,13)/t5-,6-,9+/m0/s1. The minimum absolute atomic E-state index is 0.101. The Labute approximate surface area is 82.4 Å². The van der Waals surface area contributed by atoms with E-state index in [9.17, 15) is 14.7 Å². The molecule has 1 rings (SSSR count). The van der Waals surface area contributed by atoms with Gasteiger partial charge in [-0.1, -0.05) is 0 Å². The number of nitrogens with one attached hydrogen (secondary N) is 1. The van der Waals surface area contributed by atoms with Crippen molar-refractivity contribution < 1.29 is 19.4 Å². The second-order valence-electron chi connectivity index (χ2n) is 3.76. The number of methoxy groups -OCH3 is 1. The van der Waals surface area contributed by atoms with Crippen molar-refractivity contribution >= 4 is 11.9 Å². The lowest BCUT2D eigenvalue weighted by molar-refractivity contribution is -0.159. The minimum Gasteiger partial charge on any atom is -0.469 e. The van der Waals surface area contributed by atoms with E-state index in [2.05, 4.69) is 10.1 Å². The fraction of sp³-hybridized carbons (Fsp3) is 0.778. The third kappa shape index (κ3) is 1.48. The number of aliphatic hydroxyl groups is 1. The highest BCUT2D eigenvalue weighted by Gasteiger charge is 2.55. The molecule has 1 amide bonds. The van der Waals surface area contributed by atoms with Crippen molar-refractivity contribution in [3.63, 3.8) is 0 Å². The van der Waals surface area contributed by atoms with Gasteiger partial charge >= 0.3 is 5.97 Å². The molecule has 0 aromatic rings. The topological polar surface area (TPSA) is 75.6 Å². The average Bonchev–Trinajstić information content (AvgIpc) is 2.15. The molecule has 3 atom stereocenters. The zero-order valence-electron chi connectivity index (χ0n) is 8.53. The summed E-state index contributed by atoms with van der Waals surface area (Å²) >= 11 is 0. The Morgan fingerprint density at radius 1 is 1.79 bits per heavy atom. The van der Waals surface area contributed by atoms with Crippen LogP contribution in [-0.2, 0) is 14.3 Å². The summed E-state index contributed by atoms with van der Waals surface area (Å²) < 4.78 is 4.49. The van der Waals surface area contributed by atoms with Crippen LogP contribution in [0.1, 0.15) is 20.3 Å². The molecule has 0 aromatic heterocycles. The van der Waals surface area contributed by atoms with Crippen LogP contribution >= 0.6 is 0 Å². The molecular formula is C9H15NO4. The van der Waals surface area contributed by atoms with E-state index in [1.54, 1.807) is 13.8 Å². The Kier molecular flexibility index (Phi) is 2.80. The SMILES string of the molecule is COC(=O)C[C@@H]1NC(=O)[C@]1(C)[C@H](C)O. The molecule has 1 saturated heterocycles. The number of aliphatic hydroxyl groups excluding tert-OH is 1. The molecule has 1 aliphatic heterocycles. The van der Waals surface area contributed by atoms with Crippen LogP contribution in [0.3, 0.4) is 0 Å². The summed E-state index contributed by atoms with van der Waals surface area (Å²) in [6.45, 7) is 3.19. The van der Waals surface area contributed by atoms with Crippen LogP contribution in [0.2, 0.25) is 0 Å². The molecular weight excluding hydrogens is 186 g/mol. The largest absolute Gasteiger partial charge is 0.469 e. The molecule has 5 nitrogen and oxygen atoms in total. The second-order valence-corrected chi connectivity index (χ2v) is 3.76. The molecule has 5 heteroatoms. The molecule has 14 heavy (non-hydrogen) atoms. The third-order valence-electron chi connectivity index (χ3n) is 2.98. The number of carbonyl (C=O) groups excluding carboxylic acids is 2. The highest BCUT2D eigenvalue weighted by molar-refractivity contribution is 5.91. The van der Waals surface area contributed by atoms with Gasteiger partial charge in [-0.15, -0.1) is 0 Å². The maximum atomic E-state index is 11.3. The van der Waals surface area contributed by atoms with Crippen LogP contribution in [-0.4, -0.2) is 36.2 Å². The fourth-order valence-electron chi connectivity index (χ4n) is 1.54. The average molecular weight is 201 g/mol. The summed E-state index contributed by atoms with van der Waals surface area (Å²) in [7, 11) is 1.29. The highest BCUT2D eigenvalue weighted by atomic mass is 16.5. The summed E-state index contributed by atoms with van der Waals surface area (Å²) in [5.41, 5.74) is -0.867. The predicted octanol–water partition coefficient (Wildman–Crippen LogP) is -0.565. The Hall–Kier alpha value is -1.10. The van der Waals surface area contributed by atoms with Crippen LogP contribution in [0.5, 0.6) is 0 Å². The molecule has 2 N–H and O–H groups in total. The Morgan fingerprint density at radius 3 is 2.71 bits per heavy atom. The zero-order chi connectivity index (χ0) is 10.9. The van der Waals surface area contributed by atoms with Crippen molar-refractivity contribution in [1.82, 2.24) is 5.32 Å². The lowest BCUT2D eigenvalue weighted by Crippen LogP contribution is -2.70. The minimum atomic E-state index is -0.867. The second kappa shape index (κ2) is 3.57. The summed E-state index contributed by atoms with van der Waals surface area (Å²) in [6, 6.07) is -0.331. The van der Waals surface area contributed by atoms with E-state index in [-0.39, 0.29) is 24.3 Å². The molecule has 1 fully saturated rings. The van der Waals surface area contributed by atoms with Crippen molar-refractivity contribution in [2.45, 2.75) is 32.4 Å². The van der Waals surface area contributed by atoms with Gasteiger partial charge in [-0.3, -0.25) is 9.59 Å². The van der Waals surface area contributed by atoms with Crippen LogP contribution in [0.4, 0.5) is 0 Å². The third-order valence-corrected chi connectivity index (χ3v) is 2.98. The molecule has 0 radical (unpaired) electrons. The summed E-state index contributed by atoms with van der Waals surface area (Å²) in [5.74, 6) is -0.608. The molecule has 0 unspecified atom stereocenters. The maximum absolute atomic E-state index is 11.3. The monoisotopic (exact) mass is 201 g/mol. The fourth-order valence-corrected chi connectivity index (χ4v) is 1.54. The van der Waals surface area contributed by atoms with E-state index in [1.807, 2.05) is 0 Å². The quantitative estimate of drug-likeness (QED) is 0.474. The number of hydrogen-bond acceptors (Lipinski definition) is 4. The maximum Gasteiger partial charge on any atom is 0.307 e. The van der Waals surface area contributed by atoms with Gasteiger partial charge in [0, 0.05) is 0 Å². The number of esters is 1. The zero-order valence-corrected chi connectivity index (χ0v) is 8.53. The first-order valence-corrected chi connectivity index (χ1v) is 4.48. The molecule has 0 spiro atoms.